The molecule has 3 N–H and O–H groups in total. The van der Waals surface area contributed by atoms with E-state index in [0.717, 1.165) is 17.1 Å². The standard InChI is InChI=1S/C14H16FN3/c1-9(11-3-5-12(15)6-4-11)17-14-8-7-13(16)10(2)18-14/h3-9H,16H2,1-2H3,(H,17,18). The van der Waals surface area contributed by atoms with Crippen molar-refractivity contribution in [3.63, 3.8) is 0 Å². The molecule has 2 rings (SSSR count). The van der Waals surface area contributed by atoms with Crippen molar-refractivity contribution in [2.24, 2.45) is 0 Å². The molecule has 0 aliphatic heterocycles. The largest absolute Gasteiger partial charge is 0.397 e. The quantitative estimate of drug-likeness (QED) is 0.872. The lowest BCUT2D eigenvalue weighted by atomic mass is 10.1. The number of hydrogen-bond acceptors (Lipinski definition) is 3. The van der Waals surface area contributed by atoms with Gasteiger partial charge in [-0.3, -0.25) is 0 Å². The van der Waals surface area contributed by atoms with Crippen molar-refractivity contribution in [2.45, 2.75) is 19.9 Å². The van der Waals surface area contributed by atoms with E-state index in [1.165, 1.54) is 12.1 Å². The summed E-state index contributed by atoms with van der Waals surface area (Å²) in [6.07, 6.45) is 0. The number of benzene rings is 1. The molecule has 18 heavy (non-hydrogen) atoms. The minimum Gasteiger partial charge on any atom is -0.397 e. The highest BCUT2D eigenvalue weighted by atomic mass is 19.1. The Morgan fingerprint density at radius 1 is 1.17 bits per heavy atom. The highest BCUT2D eigenvalue weighted by Gasteiger charge is 2.06. The van der Waals surface area contributed by atoms with Gasteiger partial charge in [-0.15, -0.1) is 0 Å². The Kier molecular flexibility index (Phi) is 3.46. The maximum atomic E-state index is 12.8. The maximum absolute atomic E-state index is 12.8. The van der Waals surface area contributed by atoms with Gasteiger partial charge in [-0.05, 0) is 43.7 Å². The van der Waals surface area contributed by atoms with Crippen LogP contribution in [0.4, 0.5) is 15.9 Å². The zero-order chi connectivity index (χ0) is 13.1. The number of anilines is 2. The summed E-state index contributed by atoms with van der Waals surface area (Å²) >= 11 is 0. The summed E-state index contributed by atoms with van der Waals surface area (Å²) in [5.41, 5.74) is 8.20. The second-order valence-corrected chi connectivity index (χ2v) is 4.29. The molecule has 94 valence electrons. The van der Waals surface area contributed by atoms with Crippen LogP contribution in [0.2, 0.25) is 0 Å². The number of nitrogen functional groups attached to an aromatic ring is 1. The van der Waals surface area contributed by atoms with E-state index in [2.05, 4.69) is 10.3 Å². The van der Waals surface area contributed by atoms with Crippen LogP contribution in [0.5, 0.6) is 0 Å². The number of hydrogen-bond donors (Lipinski definition) is 2. The Morgan fingerprint density at radius 3 is 2.44 bits per heavy atom. The smallest absolute Gasteiger partial charge is 0.126 e. The van der Waals surface area contributed by atoms with Crippen LogP contribution < -0.4 is 11.1 Å². The van der Waals surface area contributed by atoms with Gasteiger partial charge in [0.25, 0.3) is 0 Å². The summed E-state index contributed by atoms with van der Waals surface area (Å²) in [6.45, 7) is 3.86. The molecule has 2 aromatic rings. The Bertz CT molecular complexity index is 537. The van der Waals surface area contributed by atoms with Crippen LogP contribution in [0.15, 0.2) is 36.4 Å². The van der Waals surface area contributed by atoms with Gasteiger partial charge in [0, 0.05) is 6.04 Å². The highest BCUT2D eigenvalue weighted by molar-refractivity contribution is 5.49. The summed E-state index contributed by atoms with van der Waals surface area (Å²) in [6, 6.07) is 10.1. The topological polar surface area (TPSA) is 50.9 Å². The van der Waals surface area contributed by atoms with Gasteiger partial charge in [0.1, 0.15) is 11.6 Å². The van der Waals surface area contributed by atoms with Gasteiger partial charge in [0.2, 0.25) is 0 Å². The molecule has 1 heterocycles. The minimum atomic E-state index is -0.229. The van der Waals surface area contributed by atoms with Crippen molar-refractivity contribution in [1.29, 1.82) is 0 Å². The Hall–Kier alpha value is -2.10. The van der Waals surface area contributed by atoms with Crippen LogP contribution in [-0.4, -0.2) is 4.98 Å². The van der Waals surface area contributed by atoms with E-state index in [-0.39, 0.29) is 11.9 Å². The van der Waals surface area contributed by atoms with Crippen molar-refractivity contribution < 1.29 is 4.39 Å². The molecule has 0 amide bonds. The molecule has 1 atom stereocenters. The second-order valence-electron chi connectivity index (χ2n) is 4.29. The lowest BCUT2D eigenvalue weighted by Gasteiger charge is -2.15. The van der Waals surface area contributed by atoms with Gasteiger partial charge in [-0.2, -0.15) is 0 Å². The molecule has 4 heteroatoms. The summed E-state index contributed by atoms with van der Waals surface area (Å²) in [5.74, 6) is 0.533. The van der Waals surface area contributed by atoms with E-state index in [4.69, 9.17) is 5.73 Å². The van der Waals surface area contributed by atoms with Crippen LogP contribution in [-0.2, 0) is 0 Å². The Labute approximate surface area is 106 Å². The van der Waals surface area contributed by atoms with Crippen molar-refractivity contribution >= 4 is 11.5 Å². The van der Waals surface area contributed by atoms with Crippen molar-refractivity contribution in [1.82, 2.24) is 4.98 Å². The molecule has 0 saturated heterocycles. The van der Waals surface area contributed by atoms with E-state index >= 15 is 0 Å². The number of rotatable bonds is 3. The van der Waals surface area contributed by atoms with Crippen LogP contribution >= 0.6 is 0 Å². The fourth-order valence-corrected chi connectivity index (χ4v) is 1.71. The number of nitrogens with two attached hydrogens (primary N) is 1. The molecule has 0 spiro atoms. The Morgan fingerprint density at radius 2 is 1.83 bits per heavy atom. The second kappa shape index (κ2) is 5.04. The molecule has 0 saturated carbocycles. The SMILES string of the molecule is Cc1nc(NC(C)c2ccc(F)cc2)ccc1N. The molecule has 0 bridgehead atoms. The summed E-state index contributed by atoms with van der Waals surface area (Å²) < 4.78 is 12.8. The normalized spacial score (nSPS) is 12.2. The van der Waals surface area contributed by atoms with Gasteiger partial charge < -0.3 is 11.1 Å². The molecule has 0 aliphatic rings. The van der Waals surface area contributed by atoms with E-state index < -0.39 is 0 Å². The summed E-state index contributed by atoms with van der Waals surface area (Å²) in [7, 11) is 0. The van der Waals surface area contributed by atoms with Gasteiger partial charge >= 0.3 is 0 Å². The lowest BCUT2D eigenvalue weighted by Crippen LogP contribution is -2.08. The van der Waals surface area contributed by atoms with Gasteiger partial charge in [0.05, 0.1) is 11.4 Å². The predicted octanol–water partition coefficient (Wildman–Crippen LogP) is 3.28. The first-order valence-electron chi connectivity index (χ1n) is 5.81. The van der Waals surface area contributed by atoms with Crippen LogP contribution in [0.3, 0.4) is 0 Å². The molecule has 0 fully saturated rings. The average molecular weight is 245 g/mol. The lowest BCUT2D eigenvalue weighted by molar-refractivity contribution is 0.626. The summed E-state index contributed by atoms with van der Waals surface area (Å²) in [5, 5.41) is 3.26. The molecule has 1 aromatic heterocycles. The maximum Gasteiger partial charge on any atom is 0.126 e. The molecular weight excluding hydrogens is 229 g/mol. The van der Waals surface area contributed by atoms with Crippen LogP contribution in [0.1, 0.15) is 24.2 Å². The third-order valence-electron chi connectivity index (χ3n) is 2.86. The third-order valence-corrected chi connectivity index (χ3v) is 2.86. The fourth-order valence-electron chi connectivity index (χ4n) is 1.71. The van der Waals surface area contributed by atoms with E-state index in [1.807, 2.05) is 26.0 Å². The fraction of sp³-hybridized carbons (Fsp3) is 0.214. The Balaban J connectivity index is 2.13. The monoisotopic (exact) mass is 245 g/mol. The highest BCUT2D eigenvalue weighted by Crippen LogP contribution is 2.19. The zero-order valence-corrected chi connectivity index (χ0v) is 10.4. The van der Waals surface area contributed by atoms with Gasteiger partial charge in [-0.25, -0.2) is 9.37 Å². The predicted molar refractivity (Wildman–Crippen MR) is 71.8 cm³/mol. The number of aryl methyl sites for hydroxylation is 1. The summed E-state index contributed by atoms with van der Waals surface area (Å²) in [4.78, 5) is 4.35. The molecule has 1 aromatic carbocycles. The number of nitrogens with one attached hydrogen (secondary N) is 1. The minimum absolute atomic E-state index is 0.0566. The average Bonchev–Trinajstić information content (AvgIpc) is 2.34. The van der Waals surface area contributed by atoms with Crippen molar-refractivity contribution in [2.75, 3.05) is 11.1 Å². The molecule has 3 nitrogen and oxygen atoms in total. The van der Waals surface area contributed by atoms with E-state index in [0.29, 0.717) is 5.69 Å². The number of aromatic nitrogens is 1. The number of halogens is 1. The molecule has 1 unspecified atom stereocenters. The first-order valence-corrected chi connectivity index (χ1v) is 5.81. The number of nitrogens with zero attached hydrogens (tertiary/aromatic N) is 1. The molecule has 0 aliphatic carbocycles. The third kappa shape index (κ3) is 2.77. The first kappa shape index (κ1) is 12.4. The zero-order valence-electron chi connectivity index (χ0n) is 10.4. The van der Waals surface area contributed by atoms with Crippen LogP contribution in [0, 0.1) is 12.7 Å². The van der Waals surface area contributed by atoms with Crippen molar-refractivity contribution in [3.8, 4) is 0 Å². The van der Waals surface area contributed by atoms with Gasteiger partial charge in [0.15, 0.2) is 0 Å². The molecule has 0 radical (unpaired) electrons. The van der Waals surface area contributed by atoms with Gasteiger partial charge in [-0.1, -0.05) is 12.1 Å². The first-order chi connectivity index (χ1) is 8.56. The van der Waals surface area contributed by atoms with Crippen LogP contribution in [0.25, 0.3) is 0 Å². The van der Waals surface area contributed by atoms with Crippen molar-refractivity contribution in [3.05, 3.63) is 53.5 Å². The molecular formula is C14H16FN3. The number of pyridine rings is 1. The van der Waals surface area contributed by atoms with E-state index in [9.17, 15) is 4.39 Å². The van der Waals surface area contributed by atoms with E-state index in [1.54, 1.807) is 12.1 Å².